The predicted octanol–water partition coefficient (Wildman–Crippen LogP) is 3.21. The SMILES string of the molecule is CCc1ccc(C2NC(C)C(=O)N2CCC(C)SC)cc1. The molecule has 2 rings (SSSR count). The number of nitrogens with one attached hydrogen (secondary N) is 1. The molecule has 1 fully saturated rings. The topological polar surface area (TPSA) is 32.3 Å². The second-order valence-electron chi connectivity index (χ2n) is 5.75. The molecule has 3 nitrogen and oxygen atoms in total. The van der Waals surface area contributed by atoms with E-state index in [0.29, 0.717) is 5.25 Å². The molecule has 0 radical (unpaired) electrons. The van der Waals surface area contributed by atoms with Crippen LogP contribution in [0, 0.1) is 0 Å². The zero-order valence-corrected chi connectivity index (χ0v) is 14.2. The third kappa shape index (κ3) is 3.80. The summed E-state index contributed by atoms with van der Waals surface area (Å²) in [5.41, 5.74) is 2.51. The Bertz CT molecular complexity index is 474. The highest BCUT2D eigenvalue weighted by Crippen LogP contribution is 2.26. The lowest BCUT2D eigenvalue weighted by atomic mass is 10.1. The molecule has 0 spiro atoms. The molecule has 1 N–H and O–H groups in total. The lowest BCUT2D eigenvalue weighted by Gasteiger charge is -2.25. The van der Waals surface area contributed by atoms with Crippen LogP contribution in [0.2, 0.25) is 0 Å². The Morgan fingerprint density at radius 2 is 2.00 bits per heavy atom. The highest BCUT2D eigenvalue weighted by molar-refractivity contribution is 7.99. The third-order valence-corrected chi connectivity index (χ3v) is 5.30. The van der Waals surface area contributed by atoms with Crippen molar-refractivity contribution in [1.82, 2.24) is 10.2 Å². The maximum atomic E-state index is 12.4. The zero-order chi connectivity index (χ0) is 15.4. The predicted molar refractivity (Wildman–Crippen MR) is 90.5 cm³/mol. The van der Waals surface area contributed by atoms with Gasteiger partial charge in [0.2, 0.25) is 5.91 Å². The molecule has 0 aliphatic carbocycles. The summed E-state index contributed by atoms with van der Waals surface area (Å²) >= 11 is 1.85. The van der Waals surface area contributed by atoms with Crippen molar-refractivity contribution in [3.8, 4) is 0 Å². The molecule has 1 amide bonds. The molecule has 1 aromatic rings. The monoisotopic (exact) mass is 306 g/mol. The minimum atomic E-state index is -0.0922. The first-order valence-electron chi connectivity index (χ1n) is 7.75. The fourth-order valence-corrected chi connectivity index (χ4v) is 3.00. The molecule has 1 aliphatic rings. The molecule has 116 valence electrons. The lowest BCUT2D eigenvalue weighted by molar-refractivity contribution is -0.129. The molecule has 0 bridgehead atoms. The molecule has 3 unspecified atom stereocenters. The van der Waals surface area contributed by atoms with Gasteiger partial charge >= 0.3 is 0 Å². The molecular weight excluding hydrogens is 280 g/mol. The Kier molecular flexibility index (Phi) is 5.71. The molecular formula is C17H26N2OS. The quantitative estimate of drug-likeness (QED) is 0.876. The minimum absolute atomic E-state index is 0.0208. The zero-order valence-electron chi connectivity index (χ0n) is 13.4. The second-order valence-corrected chi connectivity index (χ2v) is 7.03. The number of nitrogens with zero attached hydrogens (tertiary/aromatic N) is 1. The van der Waals surface area contributed by atoms with Gasteiger partial charge in [-0.1, -0.05) is 38.1 Å². The van der Waals surface area contributed by atoms with Crippen LogP contribution in [-0.2, 0) is 11.2 Å². The Hall–Kier alpha value is -1.00. The molecule has 1 heterocycles. The van der Waals surface area contributed by atoms with Crippen molar-refractivity contribution in [2.75, 3.05) is 12.8 Å². The van der Waals surface area contributed by atoms with E-state index >= 15 is 0 Å². The van der Waals surface area contributed by atoms with E-state index in [-0.39, 0.29) is 18.1 Å². The standard InChI is InChI=1S/C17H26N2OS/c1-5-14-6-8-15(9-7-14)16-18-13(3)17(20)19(16)11-10-12(2)21-4/h6-9,12-13,16,18H,5,10-11H2,1-4H3. The van der Waals surface area contributed by atoms with E-state index in [0.717, 1.165) is 19.4 Å². The van der Waals surface area contributed by atoms with E-state index < -0.39 is 0 Å². The van der Waals surface area contributed by atoms with Crippen LogP contribution in [0.5, 0.6) is 0 Å². The van der Waals surface area contributed by atoms with Crippen LogP contribution >= 0.6 is 11.8 Å². The number of rotatable bonds is 6. The Balaban J connectivity index is 2.12. The first kappa shape index (κ1) is 16.4. The van der Waals surface area contributed by atoms with Gasteiger partial charge in [0.25, 0.3) is 0 Å². The third-order valence-electron chi connectivity index (χ3n) is 4.26. The van der Waals surface area contributed by atoms with Gasteiger partial charge in [-0.2, -0.15) is 11.8 Å². The summed E-state index contributed by atoms with van der Waals surface area (Å²) in [4.78, 5) is 14.4. The fraction of sp³-hybridized carbons (Fsp3) is 0.588. The van der Waals surface area contributed by atoms with Crippen LogP contribution < -0.4 is 5.32 Å². The summed E-state index contributed by atoms with van der Waals surface area (Å²) in [6.45, 7) is 7.14. The first-order chi connectivity index (χ1) is 10.1. The van der Waals surface area contributed by atoms with Gasteiger partial charge in [-0.15, -0.1) is 0 Å². The van der Waals surface area contributed by atoms with Crippen molar-refractivity contribution in [2.45, 2.75) is 51.1 Å². The Morgan fingerprint density at radius 1 is 1.33 bits per heavy atom. The Morgan fingerprint density at radius 3 is 2.57 bits per heavy atom. The lowest BCUT2D eigenvalue weighted by Crippen LogP contribution is -2.32. The number of benzene rings is 1. The highest BCUT2D eigenvalue weighted by atomic mass is 32.2. The first-order valence-corrected chi connectivity index (χ1v) is 9.03. The van der Waals surface area contributed by atoms with E-state index in [2.05, 4.69) is 49.7 Å². The average Bonchev–Trinajstić information content (AvgIpc) is 2.80. The summed E-state index contributed by atoms with van der Waals surface area (Å²) < 4.78 is 0. The molecule has 1 saturated heterocycles. The van der Waals surface area contributed by atoms with Crippen LogP contribution in [0.3, 0.4) is 0 Å². The van der Waals surface area contributed by atoms with Crippen molar-refractivity contribution >= 4 is 17.7 Å². The molecule has 1 aliphatic heterocycles. The number of carbonyl (C=O) groups excluding carboxylic acids is 1. The van der Waals surface area contributed by atoms with Gasteiger partial charge in [0.1, 0.15) is 6.17 Å². The van der Waals surface area contributed by atoms with Crippen molar-refractivity contribution in [3.05, 3.63) is 35.4 Å². The fourth-order valence-electron chi connectivity index (χ4n) is 2.66. The van der Waals surface area contributed by atoms with Gasteiger partial charge in [-0.3, -0.25) is 10.1 Å². The molecule has 0 aromatic heterocycles. The van der Waals surface area contributed by atoms with Crippen LogP contribution in [0.4, 0.5) is 0 Å². The molecule has 4 heteroatoms. The largest absolute Gasteiger partial charge is 0.322 e. The number of hydrogen-bond donors (Lipinski definition) is 1. The molecule has 0 saturated carbocycles. The summed E-state index contributed by atoms with van der Waals surface area (Å²) in [6, 6.07) is 8.52. The Labute approximate surface area is 132 Å². The van der Waals surface area contributed by atoms with Gasteiger partial charge in [-0.05, 0) is 37.1 Å². The summed E-state index contributed by atoms with van der Waals surface area (Å²) in [5, 5.41) is 4.00. The van der Waals surface area contributed by atoms with Crippen molar-refractivity contribution < 1.29 is 4.79 Å². The number of hydrogen-bond acceptors (Lipinski definition) is 3. The summed E-state index contributed by atoms with van der Waals surface area (Å²) in [5.74, 6) is 0.216. The van der Waals surface area contributed by atoms with Gasteiger partial charge in [0.15, 0.2) is 0 Å². The number of carbonyl (C=O) groups is 1. The van der Waals surface area contributed by atoms with Gasteiger partial charge < -0.3 is 4.90 Å². The highest BCUT2D eigenvalue weighted by Gasteiger charge is 2.36. The molecule has 1 aromatic carbocycles. The van der Waals surface area contributed by atoms with Crippen molar-refractivity contribution in [3.63, 3.8) is 0 Å². The van der Waals surface area contributed by atoms with Gasteiger partial charge in [0.05, 0.1) is 6.04 Å². The smallest absolute Gasteiger partial charge is 0.241 e. The van der Waals surface area contributed by atoms with E-state index in [1.54, 1.807) is 0 Å². The minimum Gasteiger partial charge on any atom is -0.322 e. The van der Waals surface area contributed by atoms with E-state index in [1.165, 1.54) is 11.1 Å². The van der Waals surface area contributed by atoms with Crippen LogP contribution in [0.25, 0.3) is 0 Å². The van der Waals surface area contributed by atoms with Crippen LogP contribution in [0.15, 0.2) is 24.3 Å². The van der Waals surface area contributed by atoms with E-state index in [9.17, 15) is 4.79 Å². The van der Waals surface area contributed by atoms with E-state index in [1.807, 2.05) is 23.6 Å². The van der Waals surface area contributed by atoms with E-state index in [4.69, 9.17) is 0 Å². The van der Waals surface area contributed by atoms with Crippen molar-refractivity contribution in [1.29, 1.82) is 0 Å². The normalized spacial score (nSPS) is 23.6. The second kappa shape index (κ2) is 7.32. The number of aryl methyl sites for hydroxylation is 1. The average molecular weight is 306 g/mol. The number of amides is 1. The summed E-state index contributed by atoms with van der Waals surface area (Å²) in [7, 11) is 0. The molecule has 3 atom stereocenters. The maximum Gasteiger partial charge on any atom is 0.241 e. The summed E-state index contributed by atoms with van der Waals surface area (Å²) in [6.07, 6.45) is 4.22. The van der Waals surface area contributed by atoms with Gasteiger partial charge in [-0.25, -0.2) is 0 Å². The van der Waals surface area contributed by atoms with Crippen molar-refractivity contribution in [2.24, 2.45) is 0 Å². The number of thioether (sulfide) groups is 1. The van der Waals surface area contributed by atoms with Crippen LogP contribution in [-0.4, -0.2) is 34.9 Å². The molecule has 21 heavy (non-hydrogen) atoms. The van der Waals surface area contributed by atoms with Gasteiger partial charge in [0, 0.05) is 11.8 Å². The maximum absolute atomic E-state index is 12.4. The van der Waals surface area contributed by atoms with Crippen LogP contribution in [0.1, 0.15) is 44.5 Å².